The van der Waals surface area contributed by atoms with E-state index < -0.39 is 17.8 Å². The zero-order chi connectivity index (χ0) is 26.6. The van der Waals surface area contributed by atoms with Gasteiger partial charge in [-0.3, -0.25) is 14.9 Å². The molecule has 38 heavy (non-hydrogen) atoms. The van der Waals surface area contributed by atoms with Crippen LogP contribution in [0.25, 0.3) is 17.0 Å². The van der Waals surface area contributed by atoms with Gasteiger partial charge in [-0.05, 0) is 67.3 Å². The van der Waals surface area contributed by atoms with Gasteiger partial charge in [-0.2, -0.15) is 0 Å². The summed E-state index contributed by atoms with van der Waals surface area (Å²) in [7, 11) is 0. The van der Waals surface area contributed by atoms with Crippen LogP contribution in [0.4, 0.5) is 10.5 Å². The van der Waals surface area contributed by atoms with Gasteiger partial charge >= 0.3 is 6.03 Å². The molecule has 1 aliphatic heterocycles. The summed E-state index contributed by atoms with van der Waals surface area (Å²) in [5.74, 6) is -0.505. The standard InChI is InChI=1S/C31H29N3O4/c1-3-22-12-14-24(15-13-22)34-30(36)27(29(35)32-31(34)37)19-23-20-33(28-11-5-4-10-26(23)28)16-7-17-38-25-9-6-8-21(2)18-25/h4-6,8-15,18-20H,3,7,16-17H2,1-2H3,(H,32,35,37)/b27-19+. The largest absolute Gasteiger partial charge is 0.494 e. The molecule has 0 radical (unpaired) electrons. The van der Waals surface area contributed by atoms with E-state index in [4.69, 9.17) is 4.74 Å². The Balaban J connectivity index is 1.39. The molecule has 192 valence electrons. The van der Waals surface area contributed by atoms with Crippen molar-refractivity contribution in [2.24, 2.45) is 0 Å². The molecule has 5 rings (SSSR count). The molecular weight excluding hydrogens is 478 g/mol. The molecule has 1 aliphatic rings. The van der Waals surface area contributed by atoms with Crippen LogP contribution in [0.3, 0.4) is 0 Å². The van der Waals surface area contributed by atoms with Gasteiger partial charge in [0.25, 0.3) is 11.8 Å². The van der Waals surface area contributed by atoms with Crippen molar-refractivity contribution >= 4 is 40.5 Å². The van der Waals surface area contributed by atoms with Crippen LogP contribution in [0.1, 0.15) is 30.0 Å². The first-order valence-electron chi connectivity index (χ1n) is 12.7. The number of anilines is 1. The minimum absolute atomic E-state index is 0.0881. The average molecular weight is 508 g/mol. The first-order valence-corrected chi connectivity index (χ1v) is 12.7. The van der Waals surface area contributed by atoms with E-state index in [9.17, 15) is 14.4 Å². The molecule has 7 heteroatoms. The molecule has 4 amide bonds. The Labute approximate surface area is 221 Å². The highest BCUT2D eigenvalue weighted by Crippen LogP contribution is 2.27. The van der Waals surface area contributed by atoms with Gasteiger partial charge in [0, 0.05) is 29.2 Å². The number of hydrogen-bond acceptors (Lipinski definition) is 4. The number of benzene rings is 3. The number of imide groups is 2. The van der Waals surface area contributed by atoms with E-state index in [1.54, 1.807) is 18.2 Å². The lowest BCUT2D eigenvalue weighted by Gasteiger charge is -2.26. The lowest BCUT2D eigenvalue weighted by molar-refractivity contribution is -0.122. The monoisotopic (exact) mass is 507 g/mol. The maximum atomic E-state index is 13.4. The van der Waals surface area contributed by atoms with E-state index in [0.717, 1.165) is 51.1 Å². The number of carbonyl (C=O) groups is 3. The summed E-state index contributed by atoms with van der Waals surface area (Å²) in [6.45, 7) is 5.31. The van der Waals surface area contributed by atoms with Gasteiger partial charge in [0.05, 0.1) is 12.3 Å². The smallest absolute Gasteiger partial charge is 0.335 e. The maximum absolute atomic E-state index is 13.4. The summed E-state index contributed by atoms with van der Waals surface area (Å²) in [4.78, 5) is 39.7. The van der Waals surface area contributed by atoms with Crippen LogP contribution in [0.2, 0.25) is 0 Å². The van der Waals surface area contributed by atoms with Crippen LogP contribution in [-0.4, -0.2) is 29.0 Å². The molecule has 0 atom stereocenters. The summed E-state index contributed by atoms with van der Waals surface area (Å²) in [5, 5.41) is 3.22. The van der Waals surface area contributed by atoms with Crippen LogP contribution in [-0.2, 0) is 22.6 Å². The molecule has 1 saturated heterocycles. The summed E-state index contributed by atoms with van der Waals surface area (Å²) in [6, 6.07) is 22.2. The summed E-state index contributed by atoms with van der Waals surface area (Å²) < 4.78 is 7.99. The summed E-state index contributed by atoms with van der Waals surface area (Å²) in [5.41, 5.74) is 4.28. The van der Waals surface area contributed by atoms with Gasteiger partial charge in [0.15, 0.2) is 0 Å². The predicted octanol–water partition coefficient (Wildman–Crippen LogP) is 5.65. The van der Waals surface area contributed by atoms with Gasteiger partial charge in [0.2, 0.25) is 0 Å². The normalized spacial score (nSPS) is 14.8. The van der Waals surface area contributed by atoms with Crippen molar-refractivity contribution in [2.45, 2.75) is 33.2 Å². The first-order chi connectivity index (χ1) is 18.4. The molecule has 1 N–H and O–H groups in total. The van der Waals surface area contributed by atoms with Crippen molar-refractivity contribution in [3.8, 4) is 5.75 Å². The molecule has 3 aromatic carbocycles. The second kappa shape index (κ2) is 10.8. The minimum Gasteiger partial charge on any atom is -0.494 e. The fourth-order valence-corrected chi connectivity index (χ4v) is 4.63. The molecule has 0 aliphatic carbocycles. The van der Waals surface area contributed by atoms with E-state index >= 15 is 0 Å². The lowest BCUT2D eigenvalue weighted by atomic mass is 10.1. The number of nitrogens with zero attached hydrogens (tertiary/aromatic N) is 2. The minimum atomic E-state index is -0.752. The quantitative estimate of drug-likeness (QED) is 0.190. The van der Waals surface area contributed by atoms with Crippen LogP contribution in [0.15, 0.2) is 84.6 Å². The number of carbonyl (C=O) groups excluding carboxylic acids is 3. The fraction of sp³-hybridized carbons (Fsp3) is 0.194. The number of ether oxygens (including phenoxy) is 1. The van der Waals surface area contributed by atoms with E-state index in [1.165, 1.54) is 0 Å². The van der Waals surface area contributed by atoms with Crippen LogP contribution in [0, 0.1) is 6.92 Å². The molecule has 4 aromatic rings. The van der Waals surface area contributed by atoms with E-state index in [-0.39, 0.29) is 5.57 Å². The SMILES string of the molecule is CCc1ccc(N2C(=O)NC(=O)/C(=C\c3cn(CCCOc4cccc(C)c4)c4ccccc34)C2=O)cc1. The van der Waals surface area contributed by atoms with Gasteiger partial charge in [-0.25, -0.2) is 9.69 Å². The van der Waals surface area contributed by atoms with E-state index in [1.807, 2.05) is 80.7 Å². The Bertz CT molecular complexity index is 1550. The second-order valence-electron chi connectivity index (χ2n) is 9.29. The topological polar surface area (TPSA) is 80.6 Å². The Hall–Kier alpha value is -4.65. The summed E-state index contributed by atoms with van der Waals surface area (Å²) in [6.07, 6.45) is 5.12. The van der Waals surface area contributed by atoms with Crippen molar-refractivity contribution in [1.82, 2.24) is 9.88 Å². The number of para-hydroxylation sites is 1. The highest BCUT2D eigenvalue weighted by Gasteiger charge is 2.37. The van der Waals surface area contributed by atoms with Crippen LogP contribution in [0.5, 0.6) is 5.75 Å². The lowest BCUT2D eigenvalue weighted by Crippen LogP contribution is -2.54. The molecule has 0 spiro atoms. The second-order valence-corrected chi connectivity index (χ2v) is 9.29. The van der Waals surface area contributed by atoms with Gasteiger partial charge in [-0.1, -0.05) is 49.4 Å². The number of nitrogens with one attached hydrogen (secondary N) is 1. The third-order valence-electron chi connectivity index (χ3n) is 6.63. The molecule has 1 fully saturated rings. The Morgan fingerprint density at radius 3 is 2.50 bits per heavy atom. The van der Waals surface area contributed by atoms with Crippen molar-refractivity contribution < 1.29 is 19.1 Å². The molecule has 0 unspecified atom stereocenters. The zero-order valence-corrected chi connectivity index (χ0v) is 21.4. The number of amides is 4. The van der Waals surface area contributed by atoms with E-state index in [0.29, 0.717) is 18.8 Å². The Morgan fingerprint density at radius 2 is 1.74 bits per heavy atom. The highest BCUT2D eigenvalue weighted by molar-refractivity contribution is 6.39. The number of aryl methyl sites for hydroxylation is 3. The Morgan fingerprint density at radius 1 is 0.947 bits per heavy atom. The zero-order valence-electron chi connectivity index (χ0n) is 21.4. The third kappa shape index (κ3) is 5.09. The summed E-state index contributed by atoms with van der Waals surface area (Å²) >= 11 is 0. The van der Waals surface area contributed by atoms with Crippen molar-refractivity contribution in [3.05, 3.63) is 101 Å². The van der Waals surface area contributed by atoms with Gasteiger partial charge in [0.1, 0.15) is 11.3 Å². The first kappa shape index (κ1) is 25.0. The third-order valence-corrected chi connectivity index (χ3v) is 6.63. The van der Waals surface area contributed by atoms with Crippen LogP contribution < -0.4 is 15.0 Å². The number of rotatable bonds is 8. The number of barbiturate groups is 1. The van der Waals surface area contributed by atoms with Crippen molar-refractivity contribution in [3.63, 3.8) is 0 Å². The predicted molar refractivity (Wildman–Crippen MR) is 148 cm³/mol. The average Bonchev–Trinajstić information content (AvgIpc) is 3.27. The number of hydrogen-bond donors (Lipinski definition) is 1. The number of fused-ring (bicyclic) bond motifs is 1. The highest BCUT2D eigenvalue weighted by atomic mass is 16.5. The maximum Gasteiger partial charge on any atom is 0.335 e. The van der Waals surface area contributed by atoms with E-state index in [2.05, 4.69) is 9.88 Å². The molecule has 0 saturated carbocycles. The molecular formula is C31H29N3O4. The fourth-order valence-electron chi connectivity index (χ4n) is 4.63. The molecule has 2 heterocycles. The molecule has 1 aromatic heterocycles. The van der Waals surface area contributed by atoms with Gasteiger partial charge < -0.3 is 9.30 Å². The Kier molecular flexibility index (Phi) is 7.09. The van der Waals surface area contributed by atoms with Crippen molar-refractivity contribution in [1.29, 1.82) is 0 Å². The molecule has 0 bridgehead atoms. The number of aromatic nitrogens is 1. The van der Waals surface area contributed by atoms with Crippen molar-refractivity contribution in [2.75, 3.05) is 11.5 Å². The molecule has 7 nitrogen and oxygen atoms in total. The van der Waals surface area contributed by atoms with Crippen LogP contribution >= 0.6 is 0 Å². The van der Waals surface area contributed by atoms with Gasteiger partial charge in [-0.15, -0.1) is 0 Å². The number of urea groups is 1.